The first-order valence-electron chi connectivity index (χ1n) is 8.94. The maximum Gasteiger partial charge on any atom is 0.329 e. The number of carbonyl (C=O) groups is 2. The van der Waals surface area contributed by atoms with E-state index in [0.717, 1.165) is 20.3 Å². The Hall–Kier alpha value is -2.81. The third-order valence-electron chi connectivity index (χ3n) is 4.33. The molecule has 1 heterocycles. The summed E-state index contributed by atoms with van der Waals surface area (Å²) in [6.07, 6.45) is 3.29. The van der Waals surface area contributed by atoms with Crippen LogP contribution in [0.15, 0.2) is 54.8 Å². The van der Waals surface area contributed by atoms with Crippen molar-refractivity contribution >= 4 is 40.6 Å². The summed E-state index contributed by atoms with van der Waals surface area (Å²) in [6.45, 7) is 6.21. The molecule has 29 heavy (non-hydrogen) atoms. The molecule has 0 unspecified atom stereocenters. The van der Waals surface area contributed by atoms with Gasteiger partial charge in [-0.15, -0.1) is 0 Å². The molecule has 0 bridgehead atoms. The maximum absolute atomic E-state index is 12.7. The summed E-state index contributed by atoms with van der Waals surface area (Å²) in [7, 11) is 1.55. The Morgan fingerprint density at radius 2 is 1.93 bits per heavy atom. The Balaban J connectivity index is 1.84. The highest BCUT2D eigenvalue weighted by atomic mass is 127. The molecule has 1 saturated heterocycles. The van der Waals surface area contributed by atoms with Gasteiger partial charge in [0.05, 0.1) is 17.2 Å². The Morgan fingerprint density at radius 3 is 2.59 bits per heavy atom. The van der Waals surface area contributed by atoms with Crippen LogP contribution in [0.1, 0.15) is 16.7 Å². The lowest BCUT2D eigenvalue weighted by molar-refractivity contribution is -0.123. The summed E-state index contributed by atoms with van der Waals surface area (Å²) in [5.41, 5.74) is 2.95. The van der Waals surface area contributed by atoms with Crippen LogP contribution < -0.4 is 14.8 Å². The van der Waals surface area contributed by atoms with Crippen molar-refractivity contribution in [2.45, 2.75) is 13.5 Å². The Morgan fingerprint density at radius 1 is 1.21 bits per heavy atom. The number of aryl methyl sites for hydroxylation is 1. The molecule has 0 aromatic heterocycles. The Bertz CT molecular complexity index is 983. The normalized spacial score (nSPS) is 14.9. The summed E-state index contributed by atoms with van der Waals surface area (Å²) in [4.78, 5) is 26.3. The molecule has 0 atom stereocenters. The van der Waals surface area contributed by atoms with Crippen LogP contribution in [0.2, 0.25) is 0 Å². The second-order valence-electron chi connectivity index (χ2n) is 6.50. The van der Waals surface area contributed by atoms with Crippen LogP contribution in [0.4, 0.5) is 4.79 Å². The van der Waals surface area contributed by atoms with Crippen LogP contribution in [-0.4, -0.2) is 30.6 Å². The number of nitrogens with one attached hydrogen (secondary N) is 1. The molecule has 1 aliphatic heterocycles. The second-order valence-corrected chi connectivity index (χ2v) is 7.66. The van der Waals surface area contributed by atoms with Crippen LogP contribution >= 0.6 is 22.6 Å². The molecule has 1 aliphatic rings. The van der Waals surface area contributed by atoms with Crippen molar-refractivity contribution in [1.82, 2.24) is 10.2 Å². The summed E-state index contributed by atoms with van der Waals surface area (Å²) < 4.78 is 11.9. The molecular weight excluding hydrogens is 483 g/mol. The number of rotatable bonds is 7. The van der Waals surface area contributed by atoms with Gasteiger partial charge in [0.25, 0.3) is 5.91 Å². The van der Waals surface area contributed by atoms with E-state index >= 15 is 0 Å². The predicted octanol–water partition coefficient (Wildman–Crippen LogP) is 4.27. The number of halogens is 1. The number of hydrogen-bond acceptors (Lipinski definition) is 4. The Labute approximate surface area is 183 Å². The molecule has 0 saturated carbocycles. The molecule has 1 N–H and O–H groups in total. The van der Waals surface area contributed by atoms with E-state index < -0.39 is 6.03 Å². The van der Waals surface area contributed by atoms with E-state index in [2.05, 4.69) is 34.5 Å². The molecule has 3 rings (SSSR count). The fraction of sp³-hybridized carbons (Fsp3) is 0.182. The highest BCUT2D eigenvalue weighted by molar-refractivity contribution is 14.1. The first-order chi connectivity index (χ1) is 13.9. The van der Waals surface area contributed by atoms with Gasteiger partial charge in [-0.1, -0.05) is 42.5 Å². The quantitative estimate of drug-likeness (QED) is 0.265. The lowest BCUT2D eigenvalue weighted by atomic mass is 10.1. The van der Waals surface area contributed by atoms with Crippen LogP contribution in [0.25, 0.3) is 6.08 Å². The molecule has 150 valence electrons. The zero-order chi connectivity index (χ0) is 21.0. The fourth-order valence-electron chi connectivity index (χ4n) is 2.86. The SMILES string of the molecule is C=CCOc1c(I)cc(/C=C2\NC(=O)N(Cc3ccc(C)cc3)C2=O)cc1OC. The van der Waals surface area contributed by atoms with Crippen molar-refractivity contribution < 1.29 is 19.1 Å². The molecule has 2 aromatic carbocycles. The van der Waals surface area contributed by atoms with Gasteiger partial charge in [-0.05, 0) is 58.9 Å². The Kier molecular flexibility index (Phi) is 6.58. The molecule has 6 nitrogen and oxygen atoms in total. The summed E-state index contributed by atoms with van der Waals surface area (Å²) in [5, 5.41) is 2.65. The first-order valence-corrected chi connectivity index (χ1v) is 10.0. The third-order valence-corrected chi connectivity index (χ3v) is 5.13. The number of nitrogens with zero attached hydrogens (tertiary/aromatic N) is 1. The molecule has 0 radical (unpaired) electrons. The lowest BCUT2D eigenvalue weighted by Gasteiger charge is -2.13. The van der Waals surface area contributed by atoms with Crippen molar-refractivity contribution in [1.29, 1.82) is 0 Å². The van der Waals surface area contributed by atoms with Crippen molar-refractivity contribution in [2.24, 2.45) is 0 Å². The smallest absolute Gasteiger partial charge is 0.329 e. The number of carbonyl (C=O) groups excluding carboxylic acids is 2. The van der Waals surface area contributed by atoms with E-state index in [4.69, 9.17) is 9.47 Å². The van der Waals surface area contributed by atoms with Crippen LogP contribution in [0.5, 0.6) is 11.5 Å². The summed E-state index contributed by atoms with van der Waals surface area (Å²) >= 11 is 2.14. The van der Waals surface area contributed by atoms with E-state index in [1.54, 1.807) is 25.3 Å². The van der Waals surface area contributed by atoms with Gasteiger partial charge in [0.2, 0.25) is 0 Å². The lowest BCUT2D eigenvalue weighted by Crippen LogP contribution is -2.30. The van der Waals surface area contributed by atoms with Crippen LogP contribution in [0.3, 0.4) is 0 Å². The van der Waals surface area contributed by atoms with E-state index in [9.17, 15) is 9.59 Å². The van der Waals surface area contributed by atoms with Crippen molar-refractivity contribution in [3.05, 3.63) is 75.0 Å². The number of methoxy groups -OCH3 is 1. The van der Waals surface area contributed by atoms with Gasteiger partial charge in [-0.3, -0.25) is 9.69 Å². The first kappa shape index (κ1) is 20.9. The van der Waals surface area contributed by atoms with Gasteiger partial charge in [-0.2, -0.15) is 0 Å². The van der Waals surface area contributed by atoms with E-state index in [1.165, 1.54) is 4.90 Å². The highest BCUT2D eigenvalue weighted by Crippen LogP contribution is 2.34. The average molecular weight is 504 g/mol. The summed E-state index contributed by atoms with van der Waals surface area (Å²) in [6, 6.07) is 10.9. The third kappa shape index (κ3) is 4.79. The number of ether oxygens (including phenoxy) is 2. The molecular formula is C22H21IN2O4. The largest absolute Gasteiger partial charge is 0.493 e. The molecule has 2 aromatic rings. The standard InChI is InChI=1S/C22H21IN2O4/c1-4-9-29-20-17(23)10-16(12-19(20)28-3)11-18-21(26)25(22(27)24-18)13-15-7-5-14(2)6-8-15/h4-8,10-12H,1,9,13H2,2-3H3,(H,24,27)/b18-11-. The fourth-order valence-corrected chi connectivity index (χ4v) is 3.64. The van der Waals surface area contributed by atoms with Crippen molar-refractivity contribution in [3.63, 3.8) is 0 Å². The van der Waals surface area contributed by atoms with Gasteiger partial charge >= 0.3 is 6.03 Å². The average Bonchev–Trinajstić information content (AvgIpc) is 2.95. The van der Waals surface area contributed by atoms with E-state index in [0.29, 0.717) is 18.1 Å². The van der Waals surface area contributed by atoms with Crippen LogP contribution in [0, 0.1) is 10.5 Å². The van der Waals surface area contributed by atoms with Gasteiger partial charge in [0.15, 0.2) is 11.5 Å². The topological polar surface area (TPSA) is 67.9 Å². The molecule has 1 fully saturated rings. The second kappa shape index (κ2) is 9.13. The van der Waals surface area contributed by atoms with E-state index in [-0.39, 0.29) is 18.1 Å². The number of urea groups is 1. The molecule has 7 heteroatoms. The summed E-state index contributed by atoms with van der Waals surface area (Å²) in [5.74, 6) is 0.786. The minimum Gasteiger partial charge on any atom is -0.493 e. The number of imide groups is 1. The van der Waals surface area contributed by atoms with Crippen LogP contribution in [-0.2, 0) is 11.3 Å². The van der Waals surface area contributed by atoms with Gasteiger partial charge < -0.3 is 14.8 Å². The molecule has 0 spiro atoms. The number of hydrogen-bond donors (Lipinski definition) is 1. The van der Waals surface area contributed by atoms with Crippen molar-refractivity contribution in [3.8, 4) is 11.5 Å². The predicted molar refractivity (Wildman–Crippen MR) is 120 cm³/mol. The van der Waals surface area contributed by atoms with Gasteiger partial charge in [0, 0.05) is 0 Å². The molecule has 3 amide bonds. The minimum atomic E-state index is -0.436. The monoisotopic (exact) mass is 504 g/mol. The zero-order valence-corrected chi connectivity index (χ0v) is 18.4. The van der Waals surface area contributed by atoms with Crippen molar-refractivity contribution in [2.75, 3.05) is 13.7 Å². The zero-order valence-electron chi connectivity index (χ0n) is 16.2. The van der Waals surface area contributed by atoms with Gasteiger partial charge in [-0.25, -0.2) is 4.79 Å². The maximum atomic E-state index is 12.7. The van der Waals surface area contributed by atoms with E-state index in [1.807, 2.05) is 37.3 Å². The highest BCUT2D eigenvalue weighted by Gasteiger charge is 2.33. The number of benzene rings is 2. The number of amides is 3. The van der Waals surface area contributed by atoms with Gasteiger partial charge in [0.1, 0.15) is 12.3 Å². The molecule has 0 aliphatic carbocycles. The minimum absolute atomic E-state index is 0.220.